The molecule has 0 aliphatic carbocycles. The molecule has 0 bridgehead atoms. The lowest BCUT2D eigenvalue weighted by molar-refractivity contribution is -0.142. The van der Waals surface area contributed by atoms with Gasteiger partial charge in [-0.25, -0.2) is 8.42 Å². The lowest BCUT2D eigenvalue weighted by Crippen LogP contribution is -2.52. The Labute approximate surface area is 271 Å². The molecule has 46 heavy (non-hydrogen) atoms. The second-order valence-electron chi connectivity index (χ2n) is 11.2. The van der Waals surface area contributed by atoms with Gasteiger partial charge in [-0.3, -0.25) is 14.5 Å². The molecule has 1 atom stereocenters. The maximum atomic E-state index is 13.9. The number of nitrogens with zero attached hydrogens (tertiary/aromatic N) is 3. The van der Waals surface area contributed by atoms with E-state index < -0.39 is 16.1 Å². The molecule has 3 aromatic rings. The molecule has 0 aromatic heterocycles. The Kier molecular flexibility index (Phi) is 12.2. The van der Waals surface area contributed by atoms with E-state index in [4.69, 9.17) is 14.2 Å². The first-order chi connectivity index (χ1) is 22.4. The predicted molar refractivity (Wildman–Crippen MR) is 173 cm³/mol. The average molecular weight is 651 g/mol. The second kappa shape index (κ2) is 16.7. The number of carbonyl (C=O) groups is 2. The molecule has 2 aliphatic rings. The smallest absolute Gasteiger partial charge is 0.261 e. The van der Waals surface area contributed by atoms with Crippen LogP contribution in [0.4, 0.5) is 0 Å². The van der Waals surface area contributed by atoms with Gasteiger partial charge in [0.1, 0.15) is 11.8 Å². The highest BCUT2D eigenvalue weighted by Crippen LogP contribution is 2.21. The number of hydrogen-bond acceptors (Lipinski definition) is 8. The zero-order chi connectivity index (χ0) is 32.2. The summed E-state index contributed by atoms with van der Waals surface area (Å²) in [5.74, 6) is -0.249. The lowest BCUT2D eigenvalue weighted by Gasteiger charge is -2.32. The van der Waals surface area contributed by atoms with Crippen molar-refractivity contribution in [1.82, 2.24) is 19.4 Å². The highest BCUT2D eigenvalue weighted by atomic mass is 32.2. The zero-order valence-electron chi connectivity index (χ0n) is 26.0. The number of morpholine rings is 2. The van der Waals surface area contributed by atoms with E-state index in [-0.39, 0.29) is 29.9 Å². The van der Waals surface area contributed by atoms with E-state index in [1.807, 2.05) is 60.7 Å². The predicted octanol–water partition coefficient (Wildman–Crippen LogP) is 2.17. The summed E-state index contributed by atoms with van der Waals surface area (Å²) in [6.07, 6.45) is 0.330. The molecule has 12 heteroatoms. The normalized spacial score (nSPS) is 16.8. The standard InChI is InChI=1S/C34H42N4O7S/c39-33(27-45-30-11-13-31(14-12-30)46(41,42)37-19-23-44-24-20-37)38(26-29-9-5-2-6-10-29)32(25-28-7-3-1-4-8-28)34(40)35-15-16-36-17-21-43-22-18-36/h1-14,32H,15-27H2,(H,35,40)/t32-/m1/s1. The largest absolute Gasteiger partial charge is 0.484 e. The summed E-state index contributed by atoms with van der Waals surface area (Å²) in [4.78, 5) is 31.7. The fraction of sp³-hybridized carbons (Fsp3) is 0.412. The first kappa shape index (κ1) is 33.6. The van der Waals surface area contributed by atoms with Gasteiger partial charge in [0.05, 0.1) is 31.3 Å². The number of sulfonamides is 1. The molecule has 0 radical (unpaired) electrons. The molecular formula is C34H42N4O7S. The van der Waals surface area contributed by atoms with Gasteiger partial charge in [0, 0.05) is 52.2 Å². The van der Waals surface area contributed by atoms with Crippen LogP contribution in [0.2, 0.25) is 0 Å². The highest BCUT2D eigenvalue weighted by Gasteiger charge is 2.31. The number of nitrogens with one attached hydrogen (secondary N) is 1. The van der Waals surface area contributed by atoms with Crippen molar-refractivity contribution in [1.29, 1.82) is 0 Å². The quantitative estimate of drug-likeness (QED) is 0.282. The fourth-order valence-electron chi connectivity index (χ4n) is 5.49. The van der Waals surface area contributed by atoms with Crippen molar-refractivity contribution >= 4 is 21.8 Å². The number of hydrogen-bond donors (Lipinski definition) is 1. The minimum Gasteiger partial charge on any atom is -0.484 e. The molecule has 2 aliphatic heterocycles. The molecule has 3 aromatic carbocycles. The summed E-state index contributed by atoms with van der Waals surface area (Å²) >= 11 is 0. The molecule has 5 rings (SSSR count). The van der Waals surface area contributed by atoms with Crippen LogP contribution in [0.5, 0.6) is 5.75 Å². The number of amides is 2. The molecule has 246 valence electrons. The SMILES string of the molecule is O=C(NCCN1CCOCC1)[C@@H](Cc1ccccc1)N(Cc1ccccc1)C(=O)COc1ccc(S(=O)(=O)N2CCOCC2)cc1. The Morgan fingerprint density at radius 3 is 2.02 bits per heavy atom. The van der Waals surface area contributed by atoms with Gasteiger partial charge in [-0.05, 0) is 35.4 Å². The first-order valence-corrected chi connectivity index (χ1v) is 17.1. The summed E-state index contributed by atoms with van der Waals surface area (Å²) in [6.45, 7) is 5.36. The van der Waals surface area contributed by atoms with Gasteiger partial charge in [0.25, 0.3) is 5.91 Å². The summed E-state index contributed by atoms with van der Waals surface area (Å²) in [5.41, 5.74) is 1.81. The van der Waals surface area contributed by atoms with Crippen molar-refractivity contribution in [2.24, 2.45) is 0 Å². The van der Waals surface area contributed by atoms with Gasteiger partial charge in [-0.1, -0.05) is 60.7 Å². The van der Waals surface area contributed by atoms with Gasteiger partial charge in [0.15, 0.2) is 6.61 Å². The minimum absolute atomic E-state index is 0.149. The van der Waals surface area contributed by atoms with Crippen molar-refractivity contribution in [3.8, 4) is 5.75 Å². The average Bonchev–Trinajstić information content (AvgIpc) is 3.10. The Morgan fingerprint density at radius 1 is 0.804 bits per heavy atom. The van der Waals surface area contributed by atoms with E-state index in [2.05, 4.69) is 10.2 Å². The third kappa shape index (κ3) is 9.36. The Hall–Kier alpha value is -3.81. The monoisotopic (exact) mass is 650 g/mol. The van der Waals surface area contributed by atoms with Crippen LogP contribution in [0.3, 0.4) is 0 Å². The van der Waals surface area contributed by atoms with E-state index in [1.165, 1.54) is 16.4 Å². The molecule has 2 amide bonds. The molecule has 0 unspecified atom stereocenters. The van der Waals surface area contributed by atoms with Crippen LogP contribution in [0.1, 0.15) is 11.1 Å². The second-order valence-corrected chi connectivity index (χ2v) is 13.2. The van der Waals surface area contributed by atoms with Crippen LogP contribution >= 0.6 is 0 Å². The molecule has 0 saturated carbocycles. The molecular weight excluding hydrogens is 608 g/mol. The number of rotatable bonds is 14. The maximum Gasteiger partial charge on any atom is 0.261 e. The number of benzene rings is 3. The van der Waals surface area contributed by atoms with E-state index >= 15 is 0 Å². The Balaban J connectivity index is 1.30. The minimum atomic E-state index is -3.65. The zero-order valence-corrected chi connectivity index (χ0v) is 26.8. The van der Waals surface area contributed by atoms with Gasteiger partial charge < -0.3 is 24.4 Å². The van der Waals surface area contributed by atoms with Gasteiger partial charge in [-0.2, -0.15) is 4.31 Å². The van der Waals surface area contributed by atoms with Crippen LogP contribution in [-0.4, -0.2) is 113 Å². The van der Waals surface area contributed by atoms with E-state index in [1.54, 1.807) is 17.0 Å². The lowest BCUT2D eigenvalue weighted by atomic mass is 10.0. The highest BCUT2D eigenvalue weighted by molar-refractivity contribution is 7.89. The van der Waals surface area contributed by atoms with E-state index in [0.29, 0.717) is 64.8 Å². The van der Waals surface area contributed by atoms with Crippen molar-refractivity contribution in [3.63, 3.8) is 0 Å². The van der Waals surface area contributed by atoms with Crippen molar-refractivity contribution in [2.75, 3.05) is 72.3 Å². The van der Waals surface area contributed by atoms with Crippen molar-refractivity contribution < 1.29 is 32.2 Å². The summed E-state index contributed by atoms with van der Waals surface area (Å²) in [5, 5.41) is 3.07. The van der Waals surface area contributed by atoms with Crippen LogP contribution in [0.15, 0.2) is 89.8 Å². The topological polar surface area (TPSA) is 118 Å². The summed E-state index contributed by atoms with van der Waals surface area (Å²) < 4.78 is 44.0. The van der Waals surface area contributed by atoms with E-state index in [0.717, 1.165) is 24.2 Å². The summed E-state index contributed by atoms with van der Waals surface area (Å²) in [6, 6.07) is 24.4. The van der Waals surface area contributed by atoms with Crippen LogP contribution < -0.4 is 10.1 Å². The van der Waals surface area contributed by atoms with Crippen LogP contribution in [0, 0.1) is 0 Å². The van der Waals surface area contributed by atoms with E-state index in [9.17, 15) is 18.0 Å². The Bertz CT molecular complexity index is 1500. The fourth-order valence-corrected chi connectivity index (χ4v) is 6.89. The molecule has 1 N–H and O–H groups in total. The molecule has 2 heterocycles. The van der Waals surface area contributed by atoms with Gasteiger partial charge in [-0.15, -0.1) is 0 Å². The van der Waals surface area contributed by atoms with Crippen LogP contribution in [-0.2, 0) is 42.1 Å². The van der Waals surface area contributed by atoms with Crippen molar-refractivity contribution in [3.05, 3.63) is 96.1 Å². The van der Waals surface area contributed by atoms with Crippen LogP contribution in [0.25, 0.3) is 0 Å². The molecule has 2 fully saturated rings. The third-order valence-electron chi connectivity index (χ3n) is 8.09. The molecule has 0 spiro atoms. The van der Waals surface area contributed by atoms with Gasteiger partial charge in [0.2, 0.25) is 15.9 Å². The molecule has 11 nitrogen and oxygen atoms in total. The van der Waals surface area contributed by atoms with Gasteiger partial charge >= 0.3 is 0 Å². The number of carbonyl (C=O) groups excluding carboxylic acids is 2. The summed E-state index contributed by atoms with van der Waals surface area (Å²) in [7, 11) is -3.65. The maximum absolute atomic E-state index is 13.9. The first-order valence-electron chi connectivity index (χ1n) is 15.7. The Morgan fingerprint density at radius 2 is 1.39 bits per heavy atom. The third-order valence-corrected chi connectivity index (χ3v) is 10.0. The molecule has 2 saturated heterocycles. The van der Waals surface area contributed by atoms with Crippen molar-refractivity contribution in [2.45, 2.75) is 23.9 Å². The number of ether oxygens (including phenoxy) is 3.